The predicted molar refractivity (Wildman–Crippen MR) is 174 cm³/mol. The zero-order chi connectivity index (χ0) is 30.3. The number of pyridine rings is 1. The second-order valence-electron chi connectivity index (χ2n) is 10.8. The molecule has 0 unspecified atom stereocenters. The van der Waals surface area contributed by atoms with Crippen molar-refractivity contribution in [2.24, 2.45) is 5.73 Å². The highest BCUT2D eigenvalue weighted by Gasteiger charge is 2.21. The van der Waals surface area contributed by atoms with E-state index in [2.05, 4.69) is 5.32 Å². The predicted octanol–water partition coefficient (Wildman–Crippen LogP) is 7.46. The summed E-state index contributed by atoms with van der Waals surface area (Å²) in [6, 6.07) is 23.9. The van der Waals surface area contributed by atoms with Gasteiger partial charge in [-0.3, -0.25) is 9.59 Å². The molecule has 1 aliphatic heterocycles. The highest BCUT2D eigenvalue weighted by Crippen LogP contribution is 2.42. The highest BCUT2D eigenvalue weighted by molar-refractivity contribution is 6.39. The summed E-state index contributed by atoms with van der Waals surface area (Å²) in [5, 5.41) is 4.17. The van der Waals surface area contributed by atoms with Crippen molar-refractivity contribution in [3.8, 4) is 39.4 Å². The zero-order valence-corrected chi connectivity index (χ0v) is 25.7. The molecule has 6 nitrogen and oxygen atoms in total. The van der Waals surface area contributed by atoms with Crippen molar-refractivity contribution in [3.63, 3.8) is 0 Å². The molecule has 0 radical (unpaired) electrons. The molecule has 4 aromatic rings. The Labute approximate surface area is 262 Å². The minimum absolute atomic E-state index is 0.127. The van der Waals surface area contributed by atoms with Crippen LogP contribution in [0, 0.1) is 0 Å². The Hall–Kier alpha value is -3.71. The molecule has 5 rings (SSSR count). The molecule has 1 amide bonds. The number of benzene rings is 3. The van der Waals surface area contributed by atoms with Crippen molar-refractivity contribution in [1.82, 2.24) is 10.3 Å². The Morgan fingerprint density at radius 1 is 0.953 bits per heavy atom. The molecule has 1 aliphatic rings. The van der Waals surface area contributed by atoms with Crippen LogP contribution in [0.5, 0.6) is 5.88 Å². The van der Waals surface area contributed by atoms with Gasteiger partial charge in [0.25, 0.3) is 0 Å². The molecule has 1 fully saturated rings. The molecule has 3 N–H and O–H groups in total. The maximum atomic E-state index is 12.0. The number of nitrogens with two attached hydrogens (primary N) is 1. The largest absolute Gasteiger partial charge is 0.481 e. The number of methoxy groups -OCH3 is 1. The molecule has 1 saturated heterocycles. The van der Waals surface area contributed by atoms with Crippen LogP contribution in [0.3, 0.4) is 0 Å². The molecule has 222 valence electrons. The molecule has 1 atom stereocenters. The number of rotatable bonds is 12. The fraction of sp³-hybridized carbons (Fsp3) is 0.286. The first-order valence-electron chi connectivity index (χ1n) is 14.6. The minimum Gasteiger partial charge on any atom is -0.481 e. The first-order valence-corrected chi connectivity index (χ1v) is 15.4. The van der Waals surface area contributed by atoms with Gasteiger partial charge in [0.15, 0.2) is 0 Å². The Morgan fingerprint density at radius 3 is 2.28 bits per heavy atom. The number of carbonyl (C=O) groups is 2. The lowest BCUT2D eigenvalue weighted by atomic mass is 9.95. The average Bonchev–Trinajstić information content (AvgIpc) is 3.43. The van der Waals surface area contributed by atoms with E-state index in [9.17, 15) is 9.59 Å². The Balaban J connectivity index is 1.37. The quantitative estimate of drug-likeness (QED) is 0.172. The topological polar surface area (TPSA) is 94.3 Å². The number of hydrogen-bond donors (Lipinski definition) is 2. The van der Waals surface area contributed by atoms with E-state index in [1.165, 1.54) is 0 Å². The number of aromatic nitrogens is 1. The first-order chi connectivity index (χ1) is 20.9. The number of amides is 1. The first kappa shape index (κ1) is 30.7. The Morgan fingerprint density at radius 2 is 1.63 bits per heavy atom. The highest BCUT2D eigenvalue weighted by atomic mass is 35.5. The number of hydrogen-bond acceptors (Lipinski definition) is 5. The summed E-state index contributed by atoms with van der Waals surface area (Å²) in [5.74, 6) is 0.840. The van der Waals surface area contributed by atoms with E-state index in [1.54, 1.807) is 7.11 Å². The van der Waals surface area contributed by atoms with Crippen molar-refractivity contribution in [3.05, 3.63) is 94.0 Å². The Bertz CT molecular complexity index is 1620. The van der Waals surface area contributed by atoms with Gasteiger partial charge in [-0.2, -0.15) is 0 Å². The summed E-state index contributed by atoms with van der Waals surface area (Å²) in [6.07, 6.45) is 4.94. The van der Waals surface area contributed by atoms with Gasteiger partial charge in [-0.25, -0.2) is 4.98 Å². The summed E-state index contributed by atoms with van der Waals surface area (Å²) >= 11 is 14.0. The van der Waals surface area contributed by atoms with E-state index in [1.807, 2.05) is 72.8 Å². The minimum atomic E-state index is 0.127. The van der Waals surface area contributed by atoms with Gasteiger partial charge in [0.1, 0.15) is 5.78 Å². The lowest BCUT2D eigenvalue weighted by Crippen LogP contribution is -2.25. The summed E-state index contributed by atoms with van der Waals surface area (Å²) in [4.78, 5) is 28.3. The van der Waals surface area contributed by atoms with Crippen LogP contribution in [-0.2, 0) is 22.4 Å². The standard InChI is InChI=1S/C35H35Cl2N3O3/c1-43-35-24(5-2-6-25-16-18-32(42)39-25)15-17-31(40-35)30-10-4-9-29(34(30)37)28-8-3-7-27(33(28)36)23-13-11-22(12-14-23)21-26(41)19-20-38/h3-4,7-15,17,25H,2,5-6,16,18-21,38H2,1H3,(H,39,42)/t25-/m1/s1. The number of ether oxygens (including phenoxy) is 1. The van der Waals surface area contributed by atoms with Crippen molar-refractivity contribution in [1.29, 1.82) is 0 Å². The van der Waals surface area contributed by atoms with E-state index in [4.69, 9.17) is 38.7 Å². The third-order valence-corrected chi connectivity index (χ3v) is 8.68. The average molecular weight is 617 g/mol. The zero-order valence-electron chi connectivity index (χ0n) is 24.2. The van der Waals surface area contributed by atoms with Crippen molar-refractivity contribution in [2.75, 3.05) is 13.7 Å². The van der Waals surface area contributed by atoms with Gasteiger partial charge in [-0.1, -0.05) is 89.9 Å². The van der Waals surface area contributed by atoms with Gasteiger partial charge in [-0.05, 0) is 49.4 Å². The number of nitrogens with zero attached hydrogens (tertiary/aromatic N) is 1. The maximum absolute atomic E-state index is 12.0. The third kappa shape index (κ3) is 7.27. The van der Waals surface area contributed by atoms with E-state index >= 15 is 0 Å². The number of nitrogens with one attached hydrogen (secondary N) is 1. The lowest BCUT2D eigenvalue weighted by Gasteiger charge is -2.15. The number of carbonyl (C=O) groups excluding carboxylic acids is 2. The second-order valence-corrected chi connectivity index (χ2v) is 11.6. The van der Waals surface area contributed by atoms with Gasteiger partial charge >= 0.3 is 0 Å². The fourth-order valence-corrected chi connectivity index (χ4v) is 6.26. The molecule has 0 saturated carbocycles. The van der Waals surface area contributed by atoms with Crippen molar-refractivity contribution < 1.29 is 14.3 Å². The van der Waals surface area contributed by atoms with E-state index < -0.39 is 0 Å². The third-order valence-electron chi connectivity index (χ3n) is 7.87. The fourth-order valence-electron chi connectivity index (χ4n) is 5.60. The molecular weight excluding hydrogens is 581 g/mol. The lowest BCUT2D eigenvalue weighted by molar-refractivity contribution is -0.119. The van der Waals surface area contributed by atoms with Crippen molar-refractivity contribution >= 4 is 34.9 Å². The van der Waals surface area contributed by atoms with Gasteiger partial charge in [0.05, 0.1) is 22.8 Å². The molecule has 8 heteroatoms. The van der Waals surface area contributed by atoms with Crippen LogP contribution in [0.2, 0.25) is 10.0 Å². The number of Topliss-reactive ketones (excluding diaryl/α,β-unsaturated/α-hetero) is 1. The van der Waals surface area contributed by atoms with Crippen LogP contribution in [0.15, 0.2) is 72.8 Å². The number of aryl methyl sites for hydroxylation is 1. The van der Waals surface area contributed by atoms with E-state index in [0.717, 1.165) is 64.6 Å². The van der Waals surface area contributed by atoms with E-state index in [0.29, 0.717) is 47.4 Å². The SMILES string of the molecule is COc1nc(-c2cccc(-c3cccc(-c4ccc(CC(=O)CCN)cc4)c3Cl)c2Cl)ccc1CCC[C@@H]1CCC(=O)N1. The molecule has 1 aromatic heterocycles. The van der Waals surface area contributed by atoms with Crippen LogP contribution in [-0.4, -0.2) is 36.4 Å². The molecule has 0 aliphatic carbocycles. The van der Waals surface area contributed by atoms with Crippen LogP contribution in [0.25, 0.3) is 33.5 Å². The summed E-state index contributed by atoms with van der Waals surface area (Å²) in [6.45, 7) is 0.362. The number of halogens is 2. The van der Waals surface area contributed by atoms with Crippen LogP contribution < -0.4 is 15.8 Å². The van der Waals surface area contributed by atoms with Gasteiger partial charge in [-0.15, -0.1) is 0 Å². The molecular formula is C35H35Cl2N3O3. The van der Waals surface area contributed by atoms with Crippen LogP contribution >= 0.6 is 23.2 Å². The smallest absolute Gasteiger partial charge is 0.220 e. The molecule has 0 bridgehead atoms. The Kier molecular flexibility index (Phi) is 10.1. The summed E-state index contributed by atoms with van der Waals surface area (Å²) < 4.78 is 5.66. The molecule has 2 heterocycles. The van der Waals surface area contributed by atoms with Crippen LogP contribution in [0.1, 0.15) is 43.2 Å². The van der Waals surface area contributed by atoms with Gasteiger partial charge < -0.3 is 15.8 Å². The van der Waals surface area contributed by atoms with Gasteiger partial charge in [0, 0.05) is 53.1 Å². The second kappa shape index (κ2) is 14.2. The van der Waals surface area contributed by atoms with Gasteiger partial charge in [0.2, 0.25) is 11.8 Å². The molecule has 3 aromatic carbocycles. The van der Waals surface area contributed by atoms with E-state index in [-0.39, 0.29) is 17.7 Å². The summed E-state index contributed by atoms with van der Waals surface area (Å²) in [7, 11) is 1.63. The molecule has 43 heavy (non-hydrogen) atoms. The normalized spacial score (nSPS) is 14.5. The van der Waals surface area contributed by atoms with Crippen molar-refractivity contribution in [2.45, 2.75) is 51.0 Å². The monoisotopic (exact) mass is 615 g/mol. The molecule has 0 spiro atoms. The number of ketones is 1. The maximum Gasteiger partial charge on any atom is 0.220 e. The summed E-state index contributed by atoms with van der Waals surface area (Å²) in [5.41, 5.74) is 12.4. The van der Waals surface area contributed by atoms with Crippen LogP contribution in [0.4, 0.5) is 0 Å².